The summed E-state index contributed by atoms with van der Waals surface area (Å²) in [4.78, 5) is 17.7. The van der Waals surface area contributed by atoms with Gasteiger partial charge in [-0.05, 0) is 0 Å². The summed E-state index contributed by atoms with van der Waals surface area (Å²) in [5, 5.41) is 3.98. The van der Waals surface area contributed by atoms with E-state index in [-0.39, 0.29) is 0 Å². The minimum atomic E-state index is -3.12. The normalized spacial score (nSPS) is 70.8. The van der Waals surface area contributed by atoms with Gasteiger partial charge in [-0.25, -0.2) is 0 Å². The van der Waals surface area contributed by atoms with Crippen molar-refractivity contribution in [2.45, 2.75) is 47.7 Å². The molecule has 10 saturated heterocycles. The molecule has 0 amide bonds. The third kappa shape index (κ3) is 0.267. The van der Waals surface area contributed by atoms with Crippen LogP contribution in [0.2, 0.25) is 43.3 Å². The second kappa shape index (κ2) is 1.66. The molecule has 0 bridgehead atoms. The second-order valence-electron chi connectivity index (χ2n) is 14.8. The van der Waals surface area contributed by atoms with Crippen molar-refractivity contribution in [3.05, 3.63) is 78.5 Å². The molecule has 10 aliphatic heterocycles. The molecule has 10 fully saturated rings. The Kier molecular flexibility index (Phi) is 0.686. The first-order valence-electron chi connectivity index (χ1n) is 12.2. The van der Waals surface area contributed by atoms with E-state index in [1.807, 2.05) is 0 Å². The van der Waals surface area contributed by atoms with Crippen LogP contribution in [0.3, 0.4) is 0 Å². The predicted octanol–water partition coefficient (Wildman–Crippen LogP) is 7.85. The quantitative estimate of drug-likeness (QED) is 0.290. The van der Waals surface area contributed by atoms with Gasteiger partial charge in [0.1, 0.15) is 0 Å². The van der Waals surface area contributed by atoms with Gasteiger partial charge in [0.25, 0.3) is 0 Å². The molecule has 150 valence electrons. The second-order valence-corrected chi connectivity index (χ2v) is 38.4. The molecule has 0 N–H and O–H groups in total. The van der Waals surface area contributed by atoms with Crippen molar-refractivity contribution in [2.75, 3.05) is 0 Å². The summed E-state index contributed by atoms with van der Waals surface area (Å²) in [6, 6.07) is 27.4. The van der Waals surface area contributed by atoms with Crippen LogP contribution in [0, 0.1) is 0 Å². The van der Waals surface area contributed by atoms with Crippen molar-refractivity contribution in [1.29, 1.82) is 0 Å². The zero-order valence-corrected chi connectivity index (χ0v) is 18.0. The molecule has 2 heteroatoms. The predicted molar refractivity (Wildman–Crippen MR) is 120 cm³/mol. The molecule has 1 aromatic heterocycles. The van der Waals surface area contributed by atoms with Gasteiger partial charge in [0.15, 0.2) is 0 Å². The molecule has 0 radical (unpaired) electrons. The van der Waals surface area contributed by atoms with Gasteiger partial charge < -0.3 is 0 Å². The molecule has 1 spiro atoms. The van der Waals surface area contributed by atoms with Crippen molar-refractivity contribution in [2.24, 2.45) is 0 Å². The summed E-state index contributed by atoms with van der Waals surface area (Å²) in [6.07, 6.45) is 0. The van der Waals surface area contributed by atoms with Gasteiger partial charge in [0, 0.05) is 0 Å². The fourth-order valence-corrected chi connectivity index (χ4v) is 93.9. The maximum absolute atomic E-state index is 5.50. The average molecular weight is 439 g/mol. The summed E-state index contributed by atoms with van der Waals surface area (Å²) in [5.74, 6) is 0. The number of nitrogens with zero attached hydrogens (tertiary/aromatic N) is 1. The van der Waals surface area contributed by atoms with Crippen LogP contribution in [0.5, 0.6) is 0 Å². The molecule has 14 rings (SSSR count). The third-order valence-corrected chi connectivity index (χ3v) is 61.2. The number of benzene rings is 3. The molecule has 11 heterocycles. The SMILES string of the molecule is c1ccc2c(-c3ccc4nc([C]56[CH]7[CH]8[CH]9[CH]5[Fe]89765%10%11%12[CH]6[CH]5[CH]%10[CH]%11[CH]6%12)ccc4c3)cccc2c1. The molecule has 31 heavy (non-hydrogen) atoms. The Morgan fingerprint density at radius 3 is 2.10 bits per heavy atom. The molecule has 0 aliphatic carbocycles. The van der Waals surface area contributed by atoms with Crippen molar-refractivity contribution in [3.63, 3.8) is 0 Å². The van der Waals surface area contributed by atoms with Crippen LogP contribution in [0.4, 0.5) is 0 Å². The molecule has 4 unspecified atom stereocenters. The Balaban J connectivity index is 1.03. The van der Waals surface area contributed by atoms with E-state index in [1.165, 1.54) is 76.1 Å². The van der Waals surface area contributed by atoms with Gasteiger partial charge in [-0.2, -0.15) is 0 Å². The van der Waals surface area contributed by atoms with Gasteiger partial charge in [0.2, 0.25) is 0 Å². The summed E-state index contributed by atoms with van der Waals surface area (Å²) >= 11 is 0. The minimum absolute atomic E-state index is 0.765. The third-order valence-electron chi connectivity index (χ3n) is 18.9. The van der Waals surface area contributed by atoms with Gasteiger partial charge in [-0.1, -0.05) is 0 Å². The Bertz CT molecular complexity index is 2020. The maximum atomic E-state index is 5.50. The van der Waals surface area contributed by atoms with Crippen LogP contribution >= 0.6 is 0 Å². The molecule has 4 atom stereocenters. The topological polar surface area (TPSA) is 12.9 Å². The van der Waals surface area contributed by atoms with E-state index in [0.29, 0.717) is 0 Å². The van der Waals surface area contributed by atoms with Crippen molar-refractivity contribution in [1.82, 2.24) is 4.98 Å². The first-order valence-corrected chi connectivity index (χ1v) is 18.5. The fraction of sp³-hybridized carbons (Fsp3) is 0.345. The van der Waals surface area contributed by atoms with E-state index < -0.39 is 6.51 Å². The van der Waals surface area contributed by atoms with E-state index >= 15 is 0 Å². The monoisotopic (exact) mass is 439 g/mol. The Morgan fingerprint density at radius 2 is 1.39 bits per heavy atom. The van der Waals surface area contributed by atoms with Crippen LogP contribution in [0.1, 0.15) is 5.69 Å². The van der Waals surface area contributed by atoms with E-state index in [2.05, 4.69) is 72.8 Å². The standard InChI is InChI=1S/C24H16N.C5H5.Fe/c1-2-8-18(7-1)23-15-13-20-16-19(12-14-24(20)25-23)22-11-5-9-17-6-3-4-10-21(17)22;1-2-4-5-3-1;/h1-16H;1-5H;. The van der Waals surface area contributed by atoms with Crippen LogP contribution in [-0.4, -0.2) is 4.98 Å². The van der Waals surface area contributed by atoms with Crippen molar-refractivity contribution in [3.8, 4) is 11.1 Å². The van der Waals surface area contributed by atoms with Gasteiger partial charge in [-0.3, -0.25) is 0 Å². The van der Waals surface area contributed by atoms with E-state index in [9.17, 15) is 0 Å². The summed E-state index contributed by atoms with van der Waals surface area (Å²) in [5.41, 5.74) is 5.51. The molecule has 3 aromatic carbocycles. The first kappa shape index (κ1) is 12.8. The number of hydrogen-bond donors (Lipinski definition) is 0. The Morgan fingerprint density at radius 1 is 0.645 bits per heavy atom. The number of rotatable bonds is 2. The fourth-order valence-electron chi connectivity index (χ4n) is 19.9. The summed E-state index contributed by atoms with van der Waals surface area (Å²) in [6.45, 7) is -3.12. The molecule has 4 aromatic rings. The van der Waals surface area contributed by atoms with Crippen LogP contribution < -0.4 is 0 Å². The Labute approximate surface area is 170 Å². The molecular weight excluding hydrogens is 418 g/mol. The van der Waals surface area contributed by atoms with Crippen molar-refractivity contribution >= 4 is 21.7 Å². The zero-order chi connectivity index (χ0) is 19.2. The number of fused-ring (bicyclic) bond motifs is 12. The van der Waals surface area contributed by atoms with Gasteiger partial charge in [0.05, 0.1) is 0 Å². The average Bonchev–Trinajstić information content (AvgIpc) is 3.76. The van der Waals surface area contributed by atoms with Crippen LogP contribution in [0.15, 0.2) is 72.8 Å². The van der Waals surface area contributed by atoms with E-state index in [4.69, 9.17) is 4.98 Å². The van der Waals surface area contributed by atoms with Gasteiger partial charge >= 0.3 is 170 Å². The zero-order valence-electron chi connectivity index (χ0n) is 16.9. The van der Waals surface area contributed by atoms with E-state index in [1.54, 1.807) is 5.69 Å². The summed E-state index contributed by atoms with van der Waals surface area (Å²) in [7, 11) is 0. The summed E-state index contributed by atoms with van der Waals surface area (Å²) < 4.78 is 0.765. The number of hydrogen-bond acceptors (Lipinski definition) is 1. The number of aromatic nitrogens is 1. The van der Waals surface area contributed by atoms with E-state index in [0.717, 1.165) is 4.31 Å². The first-order chi connectivity index (χ1) is 15.1. The van der Waals surface area contributed by atoms with Crippen LogP contribution in [0.25, 0.3) is 32.8 Å². The molecule has 10 aliphatic rings. The van der Waals surface area contributed by atoms with Crippen LogP contribution in [-0.2, 0) is 10.8 Å². The molecule has 1 nitrogen and oxygen atoms in total. The number of pyridine rings is 1. The molecule has 0 saturated carbocycles. The molecular formula is C29H21FeN. The Hall–Kier alpha value is -2.15. The van der Waals surface area contributed by atoms with Crippen molar-refractivity contribution < 1.29 is 6.51 Å². The van der Waals surface area contributed by atoms with Gasteiger partial charge in [-0.15, -0.1) is 0 Å².